The molecule has 0 saturated heterocycles. The molecule has 0 aromatic rings. The van der Waals surface area contributed by atoms with E-state index in [2.05, 4.69) is 184 Å². The summed E-state index contributed by atoms with van der Waals surface area (Å²) in [6, 6.07) is 0. The number of hydrogen-bond donors (Lipinski definition) is 2. The third kappa shape index (κ3) is 85.0. The van der Waals surface area contributed by atoms with Gasteiger partial charge >= 0.3 is 23.9 Å². The molecule has 0 spiro atoms. The van der Waals surface area contributed by atoms with Gasteiger partial charge in [0.15, 0.2) is 0 Å². The van der Waals surface area contributed by atoms with Crippen LogP contribution in [0.3, 0.4) is 0 Å². The Morgan fingerprint density at radius 2 is 0.556 bits per heavy atom. The molecule has 0 aromatic carbocycles. The van der Waals surface area contributed by atoms with Crippen molar-refractivity contribution >= 4 is 53.3 Å². The van der Waals surface area contributed by atoms with Gasteiger partial charge in [-0.25, -0.2) is 0 Å². The molecule has 0 rings (SSSR count). The first-order valence-electron chi connectivity index (χ1n) is 48.6. The summed E-state index contributed by atoms with van der Waals surface area (Å²) < 4.78 is 39.0. The lowest BCUT2D eigenvalue weighted by molar-refractivity contribution is -0.148. The number of unbranched alkanes of at least 4 members (excludes halogenated alkanes) is 21. The number of ketones is 1. The average Bonchev–Trinajstić information content (AvgIpc) is 0.911. The van der Waals surface area contributed by atoms with Gasteiger partial charge < -0.3 is 53.6 Å². The summed E-state index contributed by atoms with van der Waals surface area (Å²) in [5.74, 6) is -3.80. The molecule has 0 heterocycles. The molecule has 0 aromatic heterocycles. The summed E-state index contributed by atoms with van der Waals surface area (Å²) >= 11 is 0. The van der Waals surface area contributed by atoms with Crippen molar-refractivity contribution in [3.05, 3.63) is 146 Å². The lowest BCUT2D eigenvalue weighted by atomic mass is 9.93. The van der Waals surface area contributed by atoms with Gasteiger partial charge in [-0.2, -0.15) is 0 Å². The summed E-state index contributed by atoms with van der Waals surface area (Å²) in [6.45, 7) is 13.8. The fourth-order valence-corrected chi connectivity index (χ4v) is 13.1. The SMILES string of the molecule is CC/C=C\C/C=C\C/C=C\CCCCCCCC(=O)OCCN(CCOC(=O)CCCCCCC/C=C\C/C=C\C/C=C\CC)C(=O)CCC(=O)C[C@@H](CCCCNC(=O)CCC(=O)N(CCOC(=O)CCCCCCC/C=C\C/C=C\C/C=C\CC)CCOC(=O)CCCCCCC/C=C\C/C=C\C/C=C\CC)C(=O)NCCCOCCOCCOCC. The molecule has 124 heavy (non-hydrogen) atoms. The maximum Gasteiger partial charge on any atom is 0.305 e. The number of carbonyl (C=O) groups is 9. The summed E-state index contributed by atoms with van der Waals surface area (Å²) in [7, 11) is 0. The van der Waals surface area contributed by atoms with Gasteiger partial charge in [-0.15, -0.1) is 0 Å². The Bertz CT molecular complexity index is 2870. The summed E-state index contributed by atoms with van der Waals surface area (Å²) in [5, 5.41) is 5.87. The van der Waals surface area contributed by atoms with Gasteiger partial charge in [0, 0.05) is 90.0 Å². The van der Waals surface area contributed by atoms with Crippen LogP contribution in [0.25, 0.3) is 0 Å². The van der Waals surface area contributed by atoms with Gasteiger partial charge in [-0.1, -0.05) is 257 Å². The van der Waals surface area contributed by atoms with Gasteiger partial charge in [0.2, 0.25) is 23.6 Å². The number of allylic oxidation sites excluding steroid dienone is 24. The molecule has 0 bridgehead atoms. The molecule has 704 valence electrons. The molecule has 2 N–H and O–H groups in total. The third-order valence-electron chi connectivity index (χ3n) is 20.4. The Hall–Kier alpha value is -7.81. The number of nitrogens with one attached hydrogen (secondary N) is 2. The van der Waals surface area contributed by atoms with E-state index in [-0.39, 0.29) is 170 Å². The van der Waals surface area contributed by atoms with Crippen LogP contribution in [0.2, 0.25) is 0 Å². The standard InChI is InChI=1S/C104H172N4O16/c1-6-11-15-19-23-27-31-35-39-43-47-51-55-59-63-71-100(113)121-86-81-107(82-87-122-101(114)72-64-60-56-52-48-44-40-36-32-28-24-20-16-12-7-2)98(111)77-75-96(109)94-95(104(117)106-80-69-85-119-92-93-120-91-90-118-10-5)70-67-68-79-105-97(110)76-78-99(112)108(83-88-123-102(115)73-65-61-57-53-49-45-41-37-33-29-25-21-17-13-8-3)84-89-124-103(116)74-66-62-58-54-50-46-42-38-34-30-26-22-18-14-9-4/h11-18,23-30,35-42,95H,6-10,19-22,31-34,43-94H2,1-5H3,(H,105,110)(H,106,117)/b15-11-,16-12-,17-13-,18-14-,27-23-,28-24-,29-25-,30-26-,39-35-,40-36-,41-37-,42-38-/t95-/m1/s1. The van der Waals surface area contributed by atoms with Gasteiger partial charge in [0.05, 0.1) is 52.6 Å². The van der Waals surface area contributed by atoms with Crippen LogP contribution in [0.5, 0.6) is 0 Å². The first kappa shape index (κ1) is 116. The van der Waals surface area contributed by atoms with Crippen molar-refractivity contribution in [3.63, 3.8) is 0 Å². The summed E-state index contributed by atoms with van der Waals surface area (Å²) in [4.78, 5) is 124. The molecule has 20 nitrogen and oxygen atoms in total. The van der Waals surface area contributed by atoms with Crippen LogP contribution in [-0.2, 0) is 76.3 Å². The second kappa shape index (κ2) is 94.3. The van der Waals surface area contributed by atoms with Crippen molar-refractivity contribution in [1.29, 1.82) is 0 Å². The average molecular weight is 1730 g/mol. The van der Waals surface area contributed by atoms with E-state index >= 15 is 0 Å². The molecule has 0 aliphatic heterocycles. The second-order valence-electron chi connectivity index (χ2n) is 31.4. The lowest BCUT2D eigenvalue weighted by Gasteiger charge is -2.23. The number of carbonyl (C=O) groups excluding carboxylic acids is 9. The monoisotopic (exact) mass is 1730 g/mol. The Morgan fingerprint density at radius 3 is 0.895 bits per heavy atom. The van der Waals surface area contributed by atoms with Crippen LogP contribution >= 0.6 is 0 Å². The van der Waals surface area contributed by atoms with Crippen molar-refractivity contribution < 1.29 is 76.3 Å². The van der Waals surface area contributed by atoms with Crippen LogP contribution in [0.4, 0.5) is 0 Å². The Balaban J connectivity index is 5.89. The van der Waals surface area contributed by atoms with E-state index in [9.17, 15) is 43.2 Å². The Morgan fingerprint density at radius 1 is 0.266 bits per heavy atom. The predicted octanol–water partition coefficient (Wildman–Crippen LogP) is 23.2. The topological polar surface area (TPSA) is 249 Å². The molecule has 0 fully saturated rings. The molecule has 20 heteroatoms. The van der Waals surface area contributed by atoms with Gasteiger partial charge in [0.25, 0.3) is 0 Å². The second-order valence-corrected chi connectivity index (χ2v) is 31.4. The number of esters is 4. The zero-order valence-electron chi connectivity index (χ0n) is 78.3. The highest BCUT2D eigenvalue weighted by Gasteiger charge is 2.24. The van der Waals surface area contributed by atoms with Crippen molar-refractivity contribution in [3.8, 4) is 0 Å². The quantitative estimate of drug-likeness (QED) is 0.0249. The molecule has 4 amide bonds. The van der Waals surface area contributed by atoms with E-state index in [0.29, 0.717) is 97.6 Å². The number of hydrogen-bond acceptors (Lipinski definition) is 16. The summed E-state index contributed by atoms with van der Waals surface area (Å²) in [5.41, 5.74) is 0. The highest BCUT2D eigenvalue weighted by molar-refractivity contribution is 5.89. The van der Waals surface area contributed by atoms with E-state index in [1.165, 1.54) is 9.80 Å². The Labute approximate surface area is 752 Å². The molecular weight excluding hydrogens is 1560 g/mol. The van der Waals surface area contributed by atoms with E-state index < -0.39 is 5.92 Å². The first-order chi connectivity index (χ1) is 60.8. The molecular formula is C104H172N4O16. The fraction of sp³-hybridized carbons (Fsp3) is 0.683. The minimum absolute atomic E-state index is 0.0405. The fourth-order valence-electron chi connectivity index (χ4n) is 13.1. The highest BCUT2D eigenvalue weighted by Crippen LogP contribution is 2.19. The maximum atomic E-state index is 14.0. The van der Waals surface area contributed by atoms with Gasteiger partial charge in [-0.05, 0) is 180 Å². The molecule has 0 saturated carbocycles. The third-order valence-corrected chi connectivity index (χ3v) is 20.4. The van der Waals surface area contributed by atoms with E-state index in [4.69, 9.17) is 33.2 Å². The smallest absolute Gasteiger partial charge is 0.305 e. The molecule has 0 aliphatic carbocycles. The van der Waals surface area contributed by atoms with Crippen LogP contribution in [-0.4, -0.2) is 168 Å². The highest BCUT2D eigenvalue weighted by atomic mass is 16.6. The van der Waals surface area contributed by atoms with E-state index in [1.807, 2.05) is 6.92 Å². The normalized spacial score (nSPS) is 12.4. The van der Waals surface area contributed by atoms with Crippen LogP contribution in [0, 0.1) is 5.92 Å². The lowest BCUT2D eigenvalue weighted by Crippen LogP contribution is -2.38. The number of Topliss-reactive ketones (excluding diaryl/α,β-unsaturated/α-hetero) is 1. The van der Waals surface area contributed by atoms with Gasteiger partial charge in [-0.3, -0.25) is 43.2 Å². The zero-order chi connectivity index (χ0) is 90.2. The molecule has 1 atom stereocenters. The van der Waals surface area contributed by atoms with E-state index in [0.717, 1.165) is 205 Å². The Kier molecular flexibility index (Phi) is 88.4. The van der Waals surface area contributed by atoms with Crippen molar-refractivity contribution in [1.82, 2.24) is 20.4 Å². The number of nitrogens with zero attached hydrogens (tertiary/aromatic N) is 2. The van der Waals surface area contributed by atoms with Crippen molar-refractivity contribution in [2.45, 2.75) is 349 Å². The first-order valence-corrected chi connectivity index (χ1v) is 48.6. The number of rotatable bonds is 89. The number of ether oxygens (including phenoxy) is 7. The zero-order valence-corrected chi connectivity index (χ0v) is 78.3. The van der Waals surface area contributed by atoms with Gasteiger partial charge in [0.1, 0.15) is 32.2 Å². The van der Waals surface area contributed by atoms with Crippen molar-refractivity contribution in [2.75, 3.05) is 105 Å². The van der Waals surface area contributed by atoms with E-state index in [1.54, 1.807) is 0 Å². The minimum Gasteiger partial charge on any atom is -0.464 e. The molecule has 0 aliphatic rings. The largest absolute Gasteiger partial charge is 0.464 e. The van der Waals surface area contributed by atoms with Crippen molar-refractivity contribution in [2.24, 2.45) is 5.92 Å². The molecule has 0 unspecified atom stereocenters. The molecule has 0 radical (unpaired) electrons. The summed E-state index contributed by atoms with van der Waals surface area (Å²) in [6.07, 6.45) is 90.0. The van der Waals surface area contributed by atoms with Crippen LogP contribution in [0.15, 0.2) is 146 Å². The van der Waals surface area contributed by atoms with Crippen LogP contribution in [0.1, 0.15) is 349 Å². The predicted molar refractivity (Wildman–Crippen MR) is 508 cm³/mol. The van der Waals surface area contributed by atoms with Crippen LogP contribution < -0.4 is 10.6 Å². The maximum absolute atomic E-state index is 14.0. The minimum atomic E-state index is -0.737. The number of amides is 4.